The second-order valence-corrected chi connectivity index (χ2v) is 6.07. The smallest absolute Gasteiger partial charge is 0.229 e. The average molecular weight is 374 g/mol. The molecule has 7 nitrogen and oxygen atoms in total. The molecule has 1 aliphatic rings. The van der Waals surface area contributed by atoms with Crippen LogP contribution in [-0.2, 0) is 4.74 Å². The highest BCUT2D eigenvalue weighted by Gasteiger charge is 2.44. The largest absolute Gasteiger partial charge is 0.460 e. The third-order valence-corrected chi connectivity index (χ3v) is 4.19. The van der Waals surface area contributed by atoms with Crippen LogP contribution in [0.15, 0.2) is 28.9 Å². The van der Waals surface area contributed by atoms with E-state index in [0.29, 0.717) is 5.75 Å². The normalized spacial score (nSPS) is 32.3. The summed E-state index contributed by atoms with van der Waals surface area (Å²) in [5.41, 5.74) is 0.836. The molecule has 1 fully saturated rings. The highest BCUT2D eigenvalue weighted by atomic mass is 79.9. The van der Waals surface area contributed by atoms with Crippen LogP contribution in [0.25, 0.3) is 10.9 Å². The lowest BCUT2D eigenvalue weighted by Crippen LogP contribution is -2.60. The summed E-state index contributed by atoms with van der Waals surface area (Å²) in [5, 5.41) is 39.4. The van der Waals surface area contributed by atoms with Gasteiger partial charge in [0.2, 0.25) is 6.29 Å². The van der Waals surface area contributed by atoms with Crippen LogP contribution < -0.4 is 4.74 Å². The maximum absolute atomic E-state index is 9.99. The van der Waals surface area contributed by atoms with Crippen molar-refractivity contribution in [3.05, 3.63) is 28.9 Å². The summed E-state index contributed by atoms with van der Waals surface area (Å²) in [6, 6.07) is 5.57. The molecular formula is C14H16BrNO6. The topological polar surface area (TPSA) is 115 Å². The molecule has 1 saturated heterocycles. The molecule has 0 radical (unpaired) electrons. The van der Waals surface area contributed by atoms with Gasteiger partial charge in [-0.15, -0.1) is 0 Å². The summed E-state index contributed by atoms with van der Waals surface area (Å²) in [5.74, 6) is 0.431. The van der Waals surface area contributed by atoms with Crippen LogP contribution in [0.4, 0.5) is 0 Å². The van der Waals surface area contributed by atoms with Crippen molar-refractivity contribution in [3.63, 3.8) is 0 Å². The lowest BCUT2D eigenvalue weighted by Gasteiger charge is -2.39. The van der Waals surface area contributed by atoms with Crippen LogP contribution in [-0.4, -0.2) is 62.7 Å². The Morgan fingerprint density at radius 3 is 2.68 bits per heavy atom. The molecule has 0 amide bonds. The van der Waals surface area contributed by atoms with E-state index in [0.717, 1.165) is 15.4 Å². The van der Waals surface area contributed by atoms with Gasteiger partial charge in [-0.25, -0.2) is 0 Å². The molecule has 0 aliphatic carbocycles. The first-order valence-corrected chi connectivity index (χ1v) is 7.54. The van der Waals surface area contributed by atoms with Gasteiger partial charge in [0.1, 0.15) is 30.2 Å². The Morgan fingerprint density at radius 1 is 1.18 bits per heavy atom. The Hall–Kier alpha value is -1.16. The zero-order chi connectivity index (χ0) is 15.9. The summed E-state index contributed by atoms with van der Waals surface area (Å²) in [6.07, 6.45) is -4.90. The molecule has 120 valence electrons. The van der Waals surface area contributed by atoms with Gasteiger partial charge in [0, 0.05) is 21.6 Å². The number of aromatic amines is 1. The average Bonchev–Trinajstić information content (AvgIpc) is 2.90. The summed E-state index contributed by atoms with van der Waals surface area (Å²) in [6.45, 7) is -0.496. The van der Waals surface area contributed by atoms with Crippen LogP contribution in [0.1, 0.15) is 0 Å². The minimum atomic E-state index is -1.46. The minimum Gasteiger partial charge on any atom is -0.460 e. The summed E-state index contributed by atoms with van der Waals surface area (Å²) in [4.78, 5) is 3.02. The number of fused-ring (bicyclic) bond motifs is 1. The summed E-state index contributed by atoms with van der Waals surface area (Å²) < 4.78 is 11.8. The number of aliphatic hydroxyl groups is 4. The van der Waals surface area contributed by atoms with Crippen molar-refractivity contribution in [3.8, 4) is 5.75 Å². The SMILES string of the molecule is OC[C@@H]1O[C@@H](Oc2c[nH]c3ccc(Br)cc23)[C@H](O)[C@H](O)[C@@H]1O. The van der Waals surface area contributed by atoms with Crippen LogP contribution in [0, 0.1) is 0 Å². The van der Waals surface area contributed by atoms with E-state index in [1.165, 1.54) is 0 Å². The van der Waals surface area contributed by atoms with E-state index in [9.17, 15) is 20.4 Å². The van der Waals surface area contributed by atoms with Gasteiger partial charge in [0.05, 0.1) is 6.61 Å². The minimum absolute atomic E-state index is 0.431. The number of rotatable bonds is 3. The molecule has 0 unspecified atom stereocenters. The number of nitrogens with one attached hydrogen (secondary N) is 1. The molecule has 1 aromatic heterocycles. The first-order chi connectivity index (χ1) is 10.5. The van der Waals surface area contributed by atoms with E-state index in [1.54, 1.807) is 6.20 Å². The van der Waals surface area contributed by atoms with Crippen molar-refractivity contribution in [2.75, 3.05) is 6.61 Å². The summed E-state index contributed by atoms with van der Waals surface area (Å²) >= 11 is 3.37. The summed E-state index contributed by atoms with van der Waals surface area (Å²) in [7, 11) is 0. The lowest BCUT2D eigenvalue weighted by molar-refractivity contribution is -0.277. The number of hydrogen-bond acceptors (Lipinski definition) is 6. The first kappa shape index (κ1) is 15.7. The van der Waals surface area contributed by atoms with E-state index >= 15 is 0 Å². The van der Waals surface area contributed by atoms with Gasteiger partial charge in [0.25, 0.3) is 0 Å². The molecule has 8 heteroatoms. The fraction of sp³-hybridized carbons (Fsp3) is 0.429. The molecule has 5 N–H and O–H groups in total. The van der Waals surface area contributed by atoms with Crippen LogP contribution in [0.2, 0.25) is 0 Å². The Kier molecular flexibility index (Phi) is 4.40. The fourth-order valence-electron chi connectivity index (χ4n) is 2.45. The van der Waals surface area contributed by atoms with Gasteiger partial charge < -0.3 is 34.9 Å². The zero-order valence-corrected chi connectivity index (χ0v) is 13.0. The van der Waals surface area contributed by atoms with E-state index in [-0.39, 0.29) is 0 Å². The van der Waals surface area contributed by atoms with Crippen molar-refractivity contribution >= 4 is 26.8 Å². The highest BCUT2D eigenvalue weighted by molar-refractivity contribution is 9.10. The number of H-pyrrole nitrogens is 1. The predicted octanol–water partition coefficient (Wildman–Crippen LogP) is 0.109. The van der Waals surface area contributed by atoms with Crippen molar-refractivity contribution in [2.45, 2.75) is 30.7 Å². The van der Waals surface area contributed by atoms with E-state index in [4.69, 9.17) is 9.47 Å². The Morgan fingerprint density at radius 2 is 1.95 bits per heavy atom. The molecule has 5 atom stereocenters. The van der Waals surface area contributed by atoms with Crippen molar-refractivity contribution < 1.29 is 29.9 Å². The quantitative estimate of drug-likeness (QED) is 0.521. The number of aromatic nitrogens is 1. The van der Waals surface area contributed by atoms with E-state index in [1.807, 2.05) is 18.2 Å². The molecule has 1 aromatic carbocycles. The fourth-order valence-corrected chi connectivity index (χ4v) is 2.82. The number of aliphatic hydroxyl groups excluding tert-OH is 4. The maximum atomic E-state index is 9.99. The van der Waals surface area contributed by atoms with E-state index < -0.39 is 37.3 Å². The van der Waals surface area contributed by atoms with Gasteiger partial charge >= 0.3 is 0 Å². The first-order valence-electron chi connectivity index (χ1n) is 6.75. The molecule has 0 saturated carbocycles. The number of halogens is 1. The van der Waals surface area contributed by atoms with Crippen LogP contribution >= 0.6 is 15.9 Å². The number of hydrogen-bond donors (Lipinski definition) is 5. The Balaban J connectivity index is 1.85. The van der Waals surface area contributed by atoms with Gasteiger partial charge in [0.15, 0.2) is 0 Å². The molecule has 2 aromatic rings. The van der Waals surface area contributed by atoms with Gasteiger partial charge in [-0.3, -0.25) is 0 Å². The molecule has 3 rings (SSSR count). The van der Waals surface area contributed by atoms with Crippen molar-refractivity contribution in [2.24, 2.45) is 0 Å². The molecule has 0 bridgehead atoms. The number of ether oxygens (including phenoxy) is 2. The third kappa shape index (κ3) is 2.73. The number of benzene rings is 1. The van der Waals surface area contributed by atoms with Crippen molar-refractivity contribution in [1.29, 1.82) is 0 Å². The van der Waals surface area contributed by atoms with Gasteiger partial charge in [-0.1, -0.05) is 15.9 Å². The maximum Gasteiger partial charge on any atom is 0.229 e. The second-order valence-electron chi connectivity index (χ2n) is 5.16. The molecular weight excluding hydrogens is 358 g/mol. The predicted molar refractivity (Wildman–Crippen MR) is 80.4 cm³/mol. The molecule has 0 spiro atoms. The van der Waals surface area contributed by atoms with Gasteiger partial charge in [-0.05, 0) is 18.2 Å². The van der Waals surface area contributed by atoms with Crippen LogP contribution in [0.3, 0.4) is 0 Å². The highest BCUT2D eigenvalue weighted by Crippen LogP contribution is 2.31. The van der Waals surface area contributed by atoms with E-state index in [2.05, 4.69) is 20.9 Å². The zero-order valence-electron chi connectivity index (χ0n) is 11.4. The van der Waals surface area contributed by atoms with Gasteiger partial charge in [-0.2, -0.15) is 0 Å². The monoisotopic (exact) mass is 373 g/mol. The Bertz CT molecular complexity index is 660. The van der Waals surface area contributed by atoms with Crippen LogP contribution in [0.5, 0.6) is 5.75 Å². The molecule has 1 aliphatic heterocycles. The second kappa shape index (κ2) is 6.15. The molecule has 22 heavy (non-hydrogen) atoms. The van der Waals surface area contributed by atoms with Crippen molar-refractivity contribution in [1.82, 2.24) is 4.98 Å². The standard InChI is InChI=1S/C14H16BrNO6/c15-6-1-2-8-7(3-6)9(4-16-8)21-14-13(20)12(19)11(18)10(5-17)22-14/h1-4,10-14,16-20H,5H2/t10-,11+,12+,13+,14+/m0/s1. The molecule has 2 heterocycles. The third-order valence-electron chi connectivity index (χ3n) is 3.70. The lowest BCUT2D eigenvalue weighted by atomic mass is 9.99. The Labute approximate surface area is 134 Å².